The van der Waals surface area contributed by atoms with Crippen LogP contribution in [0.1, 0.15) is 39.5 Å². The van der Waals surface area contributed by atoms with Crippen molar-refractivity contribution in [2.45, 2.75) is 45.6 Å². The van der Waals surface area contributed by atoms with Crippen LogP contribution >= 0.6 is 0 Å². The summed E-state index contributed by atoms with van der Waals surface area (Å²) in [6.45, 7) is 5.79. The van der Waals surface area contributed by atoms with E-state index < -0.39 is 0 Å². The average molecular weight is 153 g/mol. The van der Waals surface area contributed by atoms with Crippen LogP contribution in [0.4, 0.5) is 0 Å². The molecular formula is C10H19N. The van der Waals surface area contributed by atoms with Crippen LogP contribution in [0.5, 0.6) is 0 Å². The number of unbranched alkanes of at least 4 members (excludes halogenated alkanes) is 1. The first-order valence-corrected chi connectivity index (χ1v) is 4.77. The molecule has 0 N–H and O–H groups in total. The highest BCUT2D eigenvalue weighted by molar-refractivity contribution is 4.88. The first-order valence-electron chi connectivity index (χ1n) is 4.77. The number of likely N-dealkylation sites (tertiary alicyclic amines) is 1. The fourth-order valence-corrected chi connectivity index (χ4v) is 1.55. The zero-order valence-electron chi connectivity index (χ0n) is 7.71. The van der Waals surface area contributed by atoms with Crippen molar-refractivity contribution in [3.8, 4) is 0 Å². The molecule has 0 saturated carbocycles. The number of rotatable bonds is 3. The minimum absolute atomic E-state index is 0.781. The summed E-state index contributed by atoms with van der Waals surface area (Å²) in [5, 5.41) is 0. The van der Waals surface area contributed by atoms with Gasteiger partial charge in [0.1, 0.15) is 0 Å². The van der Waals surface area contributed by atoms with Crippen molar-refractivity contribution < 1.29 is 0 Å². The Kier molecular flexibility index (Phi) is 3.47. The highest BCUT2D eigenvalue weighted by Gasteiger charge is 2.15. The van der Waals surface area contributed by atoms with E-state index in [2.05, 4.69) is 31.0 Å². The molecule has 1 aliphatic heterocycles. The SMILES string of the molecule is CCCC=CN1CCCC1C. The van der Waals surface area contributed by atoms with Crippen molar-refractivity contribution >= 4 is 0 Å². The highest BCUT2D eigenvalue weighted by atomic mass is 15.1. The fraction of sp³-hybridized carbons (Fsp3) is 0.800. The molecule has 64 valence electrons. The number of hydrogen-bond acceptors (Lipinski definition) is 1. The van der Waals surface area contributed by atoms with E-state index in [1.807, 2.05) is 0 Å². The summed E-state index contributed by atoms with van der Waals surface area (Å²) in [6, 6.07) is 0.781. The van der Waals surface area contributed by atoms with Crippen LogP contribution in [0.2, 0.25) is 0 Å². The summed E-state index contributed by atoms with van der Waals surface area (Å²) < 4.78 is 0. The minimum Gasteiger partial charge on any atom is -0.375 e. The van der Waals surface area contributed by atoms with Gasteiger partial charge in [0.25, 0.3) is 0 Å². The molecule has 1 atom stereocenters. The van der Waals surface area contributed by atoms with Crippen molar-refractivity contribution in [2.24, 2.45) is 0 Å². The molecule has 1 rings (SSSR count). The molecule has 0 amide bonds. The molecule has 1 aliphatic rings. The van der Waals surface area contributed by atoms with Crippen LogP contribution in [0.25, 0.3) is 0 Å². The predicted octanol–water partition coefficient (Wildman–Crippen LogP) is 2.78. The first-order chi connectivity index (χ1) is 5.34. The van der Waals surface area contributed by atoms with Gasteiger partial charge in [0.2, 0.25) is 0 Å². The Balaban J connectivity index is 2.24. The third-order valence-electron chi connectivity index (χ3n) is 2.36. The maximum atomic E-state index is 2.45. The zero-order chi connectivity index (χ0) is 8.10. The van der Waals surface area contributed by atoms with E-state index in [-0.39, 0.29) is 0 Å². The molecule has 0 radical (unpaired) electrons. The van der Waals surface area contributed by atoms with Crippen LogP contribution in [0.15, 0.2) is 12.3 Å². The monoisotopic (exact) mass is 153 g/mol. The Morgan fingerprint density at radius 2 is 2.36 bits per heavy atom. The van der Waals surface area contributed by atoms with E-state index in [9.17, 15) is 0 Å². The molecule has 11 heavy (non-hydrogen) atoms. The molecule has 0 spiro atoms. The molecule has 0 aromatic rings. The molecular weight excluding hydrogens is 134 g/mol. The average Bonchev–Trinajstić information content (AvgIpc) is 2.37. The van der Waals surface area contributed by atoms with Gasteiger partial charge in [-0.2, -0.15) is 0 Å². The minimum atomic E-state index is 0.781. The van der Waals surface area contributed by atoms with Gasteiger partial charge in [0.05, 0.1) is 0 Å². The lowest BCUT2D eigenvalue weighted by Crippen LogP contribution is -2.19. The lowest BCUT2D eigenvalue weighted by atomic mass is 10.2. The van der Waals surface area contributed by atoms with Gasteiger partial charge in [-0.05, 0) is 32.4 Å². The van der Waals surface area contributed by atoms with Crippen molar-refractivity contribution in [3.63, 3.8) is 0 Å². The normalized spacial score (nSPS) is 25.3. The van der Waals surface area contributed by atoms with Crippen molar-refractivity contribution in [1.29, 1.82) is 0 Å². The zero-order valence-corrected chi connectivity index (χ0v) is 7.71. The predicted molar refractivity (Wildman–Crippen MR) is 49.5 cm³/mol. The van der Waals surface area contributed by atoms with Gasteiger partial charge in [0, 0.05) is 12.6 Å². The van der Waals surface area contributed by atoms with Gasteiger partial charge in [0.15, 0.2) is 0 Å². The molecule has 1 heteroatoms. The molecule has 1 heterocycles. The van der Waals surface area contributed by atoms with E-state index >= 15 is 0 Å². The summed E-state index contributed by atoms with van der Waals surface area (Å²) in [7, 11) is 0. The van der Waals surface area contributed by atoms with Crippen LogP contribution < -0.4 is 0 Å². The summed E-state index contributed by atoms with van der Waals surface area (Å²) >= 11 is 0. The van der Waals surface area contributed by atoms with Crippen LogP contribution in [0.3, 0.4) is 0 Å². The summed E-state index contributed by atoms with van der Waals surface area (Å²) in [5.74, 6) is 0. The molecule has 1 saturated heterocycles. The maximum Gasteiger partial charge on any atom is 0.0256 e. The Bertz CT molecular complexity index is 129. The smallest absolute Gasteiger partial charge is 0.0256 e. The topological polar surface area (TPSA) is 3.24 Å². The molecule has 0 aromatic carbocycles. The maximum absolute atomic E-state index is 2.45. The van der Waals surface area contributed by atoms with E-state index in [1.54, 1.807) is 0 Å². The lowest BCUT2D eigenvalue weighted by Gasteiger charge is -2.17. The van der Waals surface area contributed by atoms with Crippen LogP contribution in [-0.2, 0) is 0 Å². The van der Waals surface area contributed by atoms with Gasteiger partial charge in [-0.25, -0.2) is 0 Å². The third kappa shape index (κ3) is 2.57. The Morgan fingerprint density at radius 3 is 2.91 bits per heavy atom. The van der Waals surface area contributed by atoms with Crippen molar-refractivity contribution in [1.82, 2.24) is 4.90 Å². The quantitative estimate of drug-likeness (QED) is 0.602. The second kappa shape index (κ2) is 4.42. The van der Waals surface area contributed by atoms with E-state index in [0.29, 0.717) is 0 Å². The summed E-state index contributed by atoms with van der Waals surface area (Å²) in [4.78, 5) is 2.45. The van der Waals surface area contributed by atoms with E-state index in [4.69, 9.17) is 0 Å². The Labute approximate surface area is 70.1 Å². The Hall–Kier alpha value is -0.460. The lowest BCUT2D eigenvalue weighted by molar-refractivity contribution is 0.371. The van der Waals surface area contributed by atoms with Gasteiger partial charge in [-0.3, -0.25) is 0 Å². The van der Waals surface area contributed by atoms with Gasteiger partial charge < -0.3 is 4.90 Å². The van der Waals surface area contributed by atoms with Crippen LogP contribution in [0, 0.1) is 0 Å². The number of allylic oxidation sites excluding steroid dienone is 1. The molecule has 0 aromatic heterocycles. The van der Waals surface area contributed by atoms with E-state index in [0.717, 1.165) is 6.04 Å². The second-order valence-electron chi connectivity index (χ2n) is 3.40. The molecule has 1 nitrogen and oxygen atoms in total. The first kappa shape index (κ1) is 8.63. The second-order valence-corrected chi connectivity index (χ2v) is 3.40. The largest absolute Gasteiger partial charge is 0.375 e. The summed E-state index contributed by atoms with van der Waals surface area (Å²) in [5.41, 5.74) is 0. The molecule has 0 aliphatic carbocycles. The number of nitrogens with zero attached hydrogens (tertiary/aromatic N) is 1. The standard InChI is InChI=1S/C10H19N/c1-3-4-5-8-11-9-6-7-10(11)2/h5,8,10H,3-4,6-7,9H2,1-2H3. The van der Waals surface area contributed by atoms with Crippen molar-refractivity contribution in [3.05, 3.63) is 12.3 Å². The van der Waals surface area contributed by atoms with Crippen LogP contribution in [-0.4, -0.2) is 17.5 Å². The number of hydrogen-bond donors (Lipinski definition) is 0. The van der Waals surface area contributed by atoms with E-state index in [1.165, 1.54) is 32.2 Å². The summed E-state index contributed by atoms with van der Waals surface area (Å²) in [6.07, 6.45) is 9.80. The highest BCUT2D eigenvalue weighted by Crippen LogP contribution is 2.16. The fourth-order valence-electron chi connectivity index (χ4n) is 1.55. The molecule has 1 unspecified atom stereocenters. The van der Waals surface area contributed by atoms with Gasteiger partial charge in [-0.1, -0.05) is 19.4 Å². The Morgan fingerprint density at radius 1 is 1.55 bits per heavy atom. The third-order valence-corrected chi connectivity index (χ3v) is 2.36. The van der Waals surface area contributed by atoms with Gasteiger partial charge in [-0.15, -0.1) is 0 Å². The molecule has 0 bridgehead atoms. The molecule has 1 fully saturated rings. The van der Waals surface area contributed by atoms with Gasteiger partial charge >= 0.3 is 0 Å². The van der Waals surface area contributed by atoms with Crippen molar-refractivity contribution in [2.75, 3.05) is 6.54 Å².